The van der Waals surface area contributed by atoms with Gasteiger partial charge in [-0.3, -0.25) is 24.0 Å². The molecule has 9 nitrogen and oxygen atoms in total. The minimum absolute atomic E-state index is 0.00945. The van der Waals surface area contributed by atoms with E-state index in [0.29, 0.717) is 5.56 Å². The van der Waals surface area contributed by atoms with Crippen LogP contribution >= 0.6 is 0 Å². The van der Waals surface area contributed by atoms with Crippen molar-refractivity contribution in [3.63, 3.8) is 0 Å². The second-order valence-electron chi connectivity index (χ2n) is 7.29. The van der Waals surface area contributed by atoms with Crippen LogP contribution in [0.1, 0.15) is 49.4 Å². The summed E-state index contributed by atoms with van der Waals surface area (Å²) in [6, 6.07) is 7.50. The molecule has 2 rings (SSSR count). The first-order valence-electron chi connectivity index (χ1n) is 10.1. The van der Waals surface area contributed by atoms with Gasteiger partial charge in [0.05, 0.1) is 13.1 Å². The average Bonchev–Trinajstić information content (AvgIpc) is 2.76. The molecule has 30 heavy (non-hydrogen) atoms. The molecule has 0 aromatic heterocycles. The standard InChI is InChI=1S/C21H28N4O5/c1-14(24-18(27)13-23-20(29)15-8-4-2-5-9-15)19(28)22-12-17(26)21(30)25-16-10-6-3-7-11-16/h2,4-5,8-9,14,16H,3,6-7,10-13H2,1H3,(H,22,28)(H,23,29)(H,24,27)(H,25,30). The largest absolute Gasteiger partial charge is 0.347 e. The molecule has 4 N–H and O–H groups in total. The number of rotatable bonds is 9. The highest BCUT2D eigenvalue weighted by molar-refractivity contribution is 6.37. The van der Waals surface area contributed by atoms with E-state index in [2.05, 4.69) is 21.3 Å². The van der Waals surface area contributed by atoms with E-state index in [1.54, 1.807) is 30.3 Å². The summed E-state index contributed by atoms with van der Waals surface area (Å²) < 4.78 is 0. The number of hydrogen-bond donors (Lipinski definition) is 4. The van der Waals surface area contributed by atoms with Gasteiger partial charge >= 0.3 is 0 Å². The molecule has 1 aromatic rings. The number of carbonyl (C=O) groups excluding carboxylic acids is 5. The van der Waals surface area contributed by atoms with Crippen LogP contribution in [0.5, 0.6) is 0 Å². The molecule has 1 aliphatic carbocycles. The molecule has 1 fully saturated rings. The average molecular weight is 416 g/mol. The Hall–Kier alpha value is -3.23. The Labute approximate surface area is 175 Å². The van der Waals surface area contributed by atoms with Crippen molar-refractivity contribution < 1.29 is 24.0 Å². The third kappa shape index (κ3) is 7.65. The zero-order chi connectivity index (χ0) is 21.9. The molecular formula is C21H28N4O5. The maximum Gasteiger partial charge on any atom is 0.289 e. The summed E-state index contributed by atoms with van der Waals surface area (Å²) in [5.41, 5.74) is 0.418. The van der Waals surface area contributed by atoms with Crippen LogP contribution in [0.15, 0.2) is 30.3 Å². The van der Waals surface area contributed by atoms with Crippen molar-refractivity contribution in [2.45, 2.75) is 51.1 Å². The topological polar surface area (TPSA) is 133 Å². The second kappa shape index (κ2) is 11.7. The molecule has 0 heterocycles. The van der Waals surface area contributed by atoms with Gasteiger partial charge in [-0.1, -0.05) is 37.5 Å². The van der Waals surface area contributed by atoms with Crippen molar-refractivity contribution in [1.82, 2.24) is 21.3 Å². The third-order valence-electron chi connectivity index (χ3n) is 4.83. The molecule has 1 unspecified atom stereocenters. The number of amides is 4. The minimum Gasteiger partial charge on any atom is -0.347 e. The fourth-order valence-electron chi connectivity index (χ4n) is 3.12. The Morgan fingerprint density at radius 2 is 1.60 bits per heavy atom. The summed E-state index contributed by atoms with van der Waals surface area (Å²) in [7, 11) is 0. The van der Waals surface area contributed by atoms with Crippen LogP contribution in [-0.2, 0) is 19.2 Å². The highest BCUT2D eigenvalue weighted by Crippen LogP contribution is 2.17. The van der Waals surface area contributed by atoms with Gasteiger partial charge in [-0.15, -0.1) is 0 Å². The van der Waals surface area contributed by atoms with Gasteiger partial charge in [0, 0.05) is 11.6 Å². The zero-order valence-electron chi connectivity index (χ0n) is 17.0. The van der Waals surface area contributed by atoms with E-state index in [-0.39, 0.29) is 12.6 Å². The molecule has 1 aromatic carbocycles. The van der Waals surface area contributed by atoms with Crippen molar-refractivity contribution >= 4 is 29.4 Å². The number of benzene rings is 1. The van der Waals surface area contributed by atoms with Gasteiger partial charge in [-0.25, -0.2) is 0 Å². The summed E-state index contributed by atoms with van der Waals surface area (Å²) in [5.74, 6) is -3.00. The number of nitrogens with one attached hydrogen (secondary N) is 4. The van der Waals surface area contributed by atoms with Crippen LogP contribution in [0.4, 0.5) is 0 Å². The SMILES string of the molecule is CC(NC(=O)CNC(=O)c1ccccc1)C(=O)NCC(=O)C(=O)NC1CCCCC1. The lowest BCUT2D eigenvalue weighted by molar-refractivity contribution is -0.138. The summed E-state index contributed by atoms with van der Waals surface area (Å²) in [6.07, 6.45) is 4.90. The Kier molecular flexibility index (Phi) is 8.99. The quantitative estimate of drug-likeness (QED) is 0.422. The van der Waals surface area contributed by atoms with Gasteiger partial charge in [0.1, 0.15) is 6.04 Å². The molecule has 0 aliphatic heterocycles. The number of hydrogen-bond acceptors (Lipinski definition) is 5. The second-order valence-corrected chi connectivity index (χ2v) is 7.29. The van der Waals surface area contributed by atoms with Crippen LogP contribution < -0.4 is 21.3 Å². The van der Waals surface area contributed by atoms with Gasteiger partial charge in [-0.2, -0.15) is 0 Å². The lowest BCUT2D eigenvalue weighted by Crippen LogP contribution is -2.50. The lowest BCUT2D eigenvalue weighted by atomic mass is 9.95. The van der Waals surface area contributed by atoms with Gasteiger partial charge < -0.3 is 21.3 Å². The van der Waals surface area contributed by atoms with Crippen LogP contribution in [-0.4, -0.2) is 54.6 Å². The Balaban J connectivity index is 1.66. The molecule has 9 heteroatoms. The number of Topliss-reactive ketones (excluding diaryl/α,β-unsaturated/α-hetero) is 1. The molecule has 0 bridgehead atoms. The van der Waals surface area contributed by atoms with E-state index in [0.717, 1.165) is 32.1 Å². The van der Waals surface area contributed by atoms with Crippen LogP contribution in [0.2, 0.25) is 0 Å². The van der Waals surface area contributed by atoms with E-state index in [1.165, 1.54) is 6.92 Å². The first-order valence-corrected chi connectivity index (χ1v) is 10.1. The van der Waals surface area contributed by atoms with Gasteiger partial charge in [0.15, 0.2) is 0 Å². The van der Waals surface area contributed by atoms with Crippen molar-refractivity contribution in [1.29, 1.82) is 0 Å². The van der Waals surface area contributed by atoms with Crippen molar-refractivity contribution in [2.24, 2.45) is 0 Å². The fraction of sp³-hybridized carbons (Fsp3) is 0.476. The maximum atomic E-state index is 12.1. The molecule has 162 valence electrons. The molecule has 1 aliphatic rings. The van der Waals surface area contributed by atoms with Crippen molar-refractivity contribution in [3.05, 3.63) is 35.9 Å². The summed E-state index contributed by atoms with van der Waals surface area (Å²) in [4.78, 5) is 59.7. The first kappa shape index (κ1) is 23.1. The molecule has 1 atom stereocenters. The van der Waals surface area contributed by atoms with Gasteiger partial charge in [0.25, 0.3) is 11.8 Å². The summed E-state index contributed by atoms with van der Waals surface area (Å²) >= 11 is 0. The number of ketones is 1. The molecule has 0 radical (unpaired) electrons. The Morgan fingerprint density at radius 3 is 2.27 bits per heavy atom. The summed E-state index contributed by atoms with van der Waals surface area (Å²) in [6.45, 7) is 0.704. The smallest absolute Gasteiger partial charge is 0.289 e. The lowest BCUT2D eigenvalue weighted by Gasteiger charge is -2.22. The fourth-order valence-corrected chi connectivity index (χ4v) is 3.12. The molecule has 0 saturated heterocycles. The normalized spacial score (nSPS) is 14.8. The predicted octanol–water partition coefficient (Wildman–Crippen LogP) is 0.0553. The minimum atomic E-state index is -0.930. The van der Waals surface area contributed by atoms with E-state index < -0.39 is 42.0 Å². The van der Waals surface area contributed by atoms with E-state index in [1.807, 2.05) is 0 Å². The highest BCUT2D eigenvalue weighted by Gasteiger charge is 2.22. The van der Waals surface area contributed by atoms with E-state index in [4.69, 9.17) is 0 Å². The Morgan fingerprint density at radius 1 is 0.933 bits per heavy atom. The van der Waals surface area contributed by atoms with Crippen LogP contribution in [0.25, 0.3) is 0 Å². The molecular weight excluding hydrogens is 388 g/mol. The van der Waals surface area contributed by atoms with Crippen LogP contribution in [0, 0.1) is 0 Å². The van der Waals surface area contributed by atoms with E-state index >= 15 is 0 Å². The highest BCUT2D eigenvalue weighted by atomic mass is 16.2. The Bertz CT molecular complexity index is 775. The van der Waals surface area contributed by atoms with Gasteiger partial charge in [-0.05, 0) is 31.9 Å². The zero-order valence-corrected chi connectivity index (χ0v) is 17.0. The summed E-state index contributed by atoms with van der Waals surface area (Å²) in [5, 5.41) is 9.92. The molecule has 0 spiro atoms. The number of carbonyl (C=O) groups is 5. The van der Waals surface area contributed by atoms with Crippen molar-refractivity contribution in [3.8, 4) is 0 Å². The maximum absolute atomic E-state index is 12.1. The van der Waals surface area contributed by atoms with E-state index in [9.17, 15) is 24.0 Å². The van der Waals surface area contributed by atoms with Crippen molar-refractivity contribution in [2.75, 3.05) is 13.1 Å². The van der Waals surface area contributed by atoms with Crippen LogP contribution in [0.3, 0.4) is 0 Å². The van der Waals surface area contributed by atoms with Gasteiger partial charge in [0.2, 0.25) is 17.6 Å². The first-order chi connectivity index (χ1) is 14.4. The predicted molar refractivity (Wildman–Crippen MR) is 109 cm³/mol. The third-order valence-corrected chi connectivity index (χ3v) is 4.83. The monoisotopic (exact) mass is 416 g/mol. The molecule has 1 saturated carbocycles. The molecule has 4 amide bonds.